The van der Waals surface area contributed by atoms with Gasteiger partial charge in [-0.25, -0.2) is 0 Å². The summed E-state index contributed by atoms with van der Waals surface area (Å²) in [6.45, 7) is 8.78. The van der Waals surface area contributed by atoms with Gasteiger partial charge in [0.05, 0.1) is 19.4 Å². The second-order valence-electron chi connectivity index (χ2n) is 6.61. The molecule has 3 heteroatoms. The number of hydrogen-bond acceptors (Lipinski definition) is 3. The van der Waals surface area contributed by atoms with E-state index in [4.69, 9.17) is 9.15 Å². The molecule has 1 aromatic rings. The Kier molecular flexibility index (Phi) is 5.06. The number of ether oxygens (including phenoxy) is 1. The molecule has 3 nitrogen and oxygen atoms in total. The van der Waals surface area contributed by atoms with Gasteiger partial charge in [0.2, 0.25) is 0 Å². The lowest BCUT2D eigenvalue weighted by Crippen LogP contribution is -2.35. The first-order valence-corrected chi connectivity index (χ1v) is 7.42. The van der Waals surface area contributed by atoms with E-state index >= 15 is 0 Å². The van der Waals surface area contributed by atoms with E-state index in [1.807, 2.05) is 6.07 Å². The Labute approximate surface area is 116 Å². The van der Waals surface area contributed by atoms with Crippen LogP contribution in [0.25, 0.3) is 0 Å². The quantitative estimate of drug-likeness (QED) is 0.760. The van der Waals surface area contributed by atoms with Crippen LogP contribution in [0.1, 0.15) is 57.8 Å². The number of nitrogens with one attached hydrogen (secondary N) is 1. The molecule has 0 spiro atoms. The van der Waals surface area contributed by atoms with Gasteiger partial charge in [-0.15, -0.1) is 0 Å². The van der Waals surface area contributed by atoms with Crippen molar-refractivity contribution in [1.82, 2.24) is 5.32 Å². The molecule has 0 aliphatic heterocycles. The first-order valence-electron chi connectivity index (χ1n) is 7.42. The maximum Gasteiger partial charge on any atom is 0.123 e. The number of hydrogen-bond donors (Lipinski definition) is 1. The van der Waals surface area contributed by atoms with Crippen LogP contribution in [-0.2, 0) is 17.9 Å². The summed E-state index contributed by atoms with van der Waals surface area (Å²) in [4.78, 5) is 0. The summed E-state index contributed by atoms with van der Waals surface area (Å²) in [5.74, 6) is 1.92. The topological polar surface area (TPSA) is 34.4 Å². The van der Waals surface area contributed by atoms with Crippen molar-refractivity contribution in [3.05, 3.63) is 23.7 Å². The van der Waals surface area contributed by atoms with E-state index in [0.29, 0.717) is 6.61 Å². The van der Waals surface area contributed by atoms with E-state index < -0.39 is 0 Å². The van der Waals surface area contributed by atoms with Gasteiger partial charge in [0.15, 0.2) is 0 Å². The molecule has 0 amide bonds. The first-order chi connectivity index (χ1) is 9.04. The average molecular weight is 265 g/mol. The van der Waals surface area contributed by atoms with Crippen LogP contribution in [0, 0.1) is 5.92 Å². The zero-order valence-corrected chi connectivity index (χ0v) is 12.5. The minimum absolute atomic E-state index is 0.106. The van der Waals surface area contributed by atoms with Crippen molar-refractivity contribution < 1.29 is 9.15 Å². The van der Waals surface area contributed by atoms with Crippen molar-refractivity contribution in [2.24, 2.45) is 5.92 Å². The number of rotatable bonds is 7. The second-order valence-corrected chi connectivity index (χ2v) is 6.61. The van der Waals surface area contributed by atoms with E-state index in [-0.39, 0.29) is 5.54 Å². The SMILES string of the molecule is CC(C)(C)NCc1occc1COCCC1CCC1. The van der Waals surface area contributed by atoms with E-state index in [0.717, 1.165) is 24.8 Å². The molecule has 19 heavy (non-hydrogen) atoms. The average Bonchev–Trinajstić information content (AvgIpc) is 2.70. The Bertz CT molecular complexity index is 374. The Morgan fingerprint density at radius 3 is 2.79 bits per heavy atom. The molecule has 0 bridgehead atoms. The molecule has 0 atom stereocenters. The Balaban J connectivity index is 1.69. The van der Waals surface area contributed by atoms with Crippen molar-refractivity contribution in [2.45, 2.75) is 65.1 Å². The molecular formula is C16H27NO2. The molecule has 1 aliphatic rings. The van der Waals surface area contributed by atoms with Gasteiger partial charge in [-0.3, -0.25) is 0 Å². The molecule has 2 rings (SSSR count). The lowest BCUT2D eigenvalue weighted by Gasteiger charge is -2.24. The van der Waals surface area contributed by atoms with Crippen LogP contribution in [0.3, 0.4) is 0 Å². The van der Waals surface area contributed by atoms with Crippen LogP contribution < -0.4 is 5.32 Å². The molecular weight excluding hydrogens is 238 g/mol. The van der Waals surface area contributed by atoms with Gasteiger partial charge in [-0.2, -0.15) is 0 Å². The molecule has 0 aromatic carbocycles. The van der Waals surface area contributed by atoms with Crippen molar-refractivity contribution in [2.75, 3.05) is 6.61 Å². The molecule has 0 radical (unpaired) electrons. The van der Waals surface area contributed by atoms with Crippen LogP contribution in [0.5, 0.6) is 0 Å². The smallest absolute Gasteiger partial charge is 0.123 e. The second kappa shape index (κ2) is 6.58. The summed E-state index contributed by atoms with van der Waals surface area (Å²) in [6, 6.07) is 2.02. The summed E-state index contributed by atoms with van der Waals surface area (Å²) >= 11 is 0. The highest BCUT2D eigenvalue weighted by atomic mass is 16.5. The summed E-state index contributed by atoms with van der Waals surface area (Å²) in [7, 11) is 0. The van der Waals surface area contributed by atoms with Gasteiger partial charge in [0, 0.05) is 17.7 Å². The van der Waals surface area contributed by atoms with Crippen molar-refractivity contribution in [3.8, 4) is 0 Å². The predicted octanol–water partition coefficient (Wildman–Crippen LogP) is 3.87. The Morgan fingerprint density at radius 2 is 2.16 bits per heavy atom. The maximum absolute atomic E-state index is 5.77. The fourth-order valence-corrected chi connectivity index (χ4v) is 2.21. The maximum atomic E-state index is 5.77. The fraction of sp³-hybridized carbons (Fsp3) is 0.750. The summed E-state index contributed by atoms with van der Waals surface area (Å²) in [6.07, 6.45) is 7.18. The van der Waals surface area contributed by atoms with Crippen molar-refractivity contribution in [3.63, 3.8) is 0 Å². The van der Waals surface area contributed by atoms with Gasteiger partial charge in [0.1, 0.15) is 5.76 Å². The lowest BCUT2D eigenvalue weighted by atomic mass is 9.83. The predicted molar refractivity (Wildman–Crippen MR) is 76.9 cm³/mol. The zero-order valence-electron chi connectivity index (χ0n) is 12.5. The van der Waals surface area contributed by atoms with E-state index in [9.17, 15) is 0 Å². The fourth-order valence-electron chi connectivity index (χ4n) is 2.21. The highest BCUT2D eigenvalue weighted by molar-refractivity contribution is 5.16. The molecule has 108 valence electrons. The third-order valence-electron chi connectivity index (χ3n) is 3.77. The van der Waals surface area contributed by atoms with E-state index in [2.05, 4.69) is 26.1 Å². The highest BCUT2D eigenvalue weighted by Crippen LogP contribution is 2.29. The standard InChI is InChI=1S/C16H27NO2/c1-16(2,3)17-11-15-14(8-10-19-15)12-18-9-7-13-5-4-6-13/h8,10,13,17H,4-7,9,11-12H2,1-3H3. The molecule has 1 fully saturated rings. The molecule has 1 aliphatic carbocycles. The zero-order chi connectivity index (χ0) is 13.7. The number of furan rings is 1. The largest absolute Gasteiger partial charge is 0.468 e. The Morgan fingerprint density at radius 1 is 1.37 bits per heavy atom. The van der Waals surface area contributed by atoms with Gasteiger partial charge < -0.3 is 14.5 Å². The van der Waals surface area contributed by atoms with Crippen LogP contribution in [-0.4, -0.2) is 12.1 Å². The first kappa shape index (κ1) is 14.6. The highest BCUT2D eigenvalue weighted by Gasteiger charge is 2.17. The Hall–Kier alpha value is -0.800. The normalized spacial score (nSPS) is 16.6. The van der Waals surface area contributed by atoms with Crippen LogP contribution in [0.15, 0.2) is 16.7 Å². The van der Waals surface area contributed by atoms with Crippen LogP contribution in [0.2, 0.25) is 0 Å². The van der Waals surface area contributed by atoms with Crippen molar-refractivity contribution in [1.29, 1.82) is 0 Å². The minimum atomic E-state index is 0.106. The molecule has 1 N–H and O–H groups in total. The van der Waals surface area contributed by atoms with Gasteiger partial charge in [0.25, 0.3) is 0 Å². The molecule has 0 unspecified atom stereocenters. The van der Waals surface area contributed by atoms with E-state index in [1.165, 1.54) is 31.2 Å². The summed E-state index contributed by atoms with van der Waals surface area (Å²) in [5.41, 5.74) is 1.28. The molecule has 1 aromatic heterocycles. The lowest BCUT2D eigenvalue weighted by molar-refractivity contribution is 0.0938. The summed E-state index contributed by atoms with van der Waals surface area (Å²) < 4.78 is 11.3. The van der Waals surface area contributed by atoms with Crippen LogP contribution in [0.4, 0.5) is 0 Å². The van der Waals surface area contributed by atoms with Gasteiger partial charge >= 0.3 is 0 Å². The minimum Gasteiger partial charge on any atom is -0.468 e. The monoisotopic (exact) mass is 265 g/mol. The van der Waals surface area contributed by atoms with Crippen molar-refractivity contribution >= 4 is 0 Å². The van der Waals surface area contributed by atoms with Crippen LogP contribution >= 0.6 is 0 Å². The molecule has 1 saturated carbocycles. The van der Waals surface area contributed by atoms with E-state index in [1.54, 1.807) is 6.26 Å². The summed E-state index contributed by atoms with van der Waals surface area (Å²) in [5, 5.41) is 3.44. The molecule has 1 heterocycles. The third kappa shape index (κ3) is 5.00. The third-order valence-corrected chi connectivity index (χ3v) is 3.77. The molecule has 0 saturated heterocycles. The van der Waals surface area contributed by atoms with Gasteiger partial charge in [-0.05, 0) is 39.2 Å². The van der Waals surface area contributed by atoms with Gasteiger partial charge in [-0.1, -0.05) is 19.3 Å².